The Morgan fingerprint density at radius 3 is 2.53 bits per heavy atom. The highest BCUT2D eigenvalue weighted by molar-refractivity contribution is 6.01. The van der Waals surface area contributed by atoms with E-state index in [0.29, 0.717) is 11.5 Å². The van der Waals surface area contributed by atoms with E-state index >= 15 is 0 Å². The summed E-state index contributed by atoms with van der Waals surface area (Å²) in [5.74, 6) is 0.410. The second-order valence-corrected chi connectivity index (χ2v) is 4.18. The summed E-state index contributed by atoms with van der Waals surface area (Å²) < 4.78 is 0. The highest BCUT2D eigenvalue weighted by Gasteiger charge is 2.26. The lowest BCUT2D eigenvalue weighted by Gasteiger charge is -2.17. The molecule has 0 radical (unpaired) electrons. The molecule has 15 heavy (non-hydrogen) atoms. The maximum atomic E-state index is 12.0. The third kappa shape index (κ3) is 2.62. The van der Waals surface area contributed by atoms with Crippen LogP contribution in [0.3, 0.4) is 0 Å². The second-order valence-electron chi connectivity index (χ2n) is 4.18. The Morgan fingerprint density at radius 2 is 2.00 bits per heavy atom. The van der Waals surface area contributed by atoms with Crippen molar-refractivity contribution < 1.29 is 4.79 Å². The van der Waals surface area contributed by atoms with Gasteiger partial charge in [0.05, 0.1) is 0 Å². The molecule has 0 aliphatic heterocycles. The molecule has 0 saturated heterocycles. The highest BCUT2D eigenvalue weighted by Crippen LogP contribution is 2.22. The number of anilines is 1. The molecule has 80 valence electrons. The molecule has 0 saturated carbocycles. The molecule has 0 amide bonds. The zero-order valence-corrected chi connectivity index (χ0v) is 9.24. The van der Waals surface area contributed by atoms with Gasteiger partial charge >= 0.3 is 0 Å². The Balaban J connectivity index is 3.13. The van der Waals surface area contributed by atoms with Crippen LogP contribution in [0.4, 0.5) is 5.82 Å². The number of ketones is 1. The lowest BCUT2D eigenvalue weighted by atomic mass is 9.89. The van der Waals surface area contributed by atoms with Gasteiger partial charge in [0.25, 0.3) is 0 Å². The van der Waals surface area contributed by atoms with Gasteiger partial charge in [-0.25, -0.2) is 9.97 Å². The number of carbonyl (C=O) groups is 1. The predicted molar refractivity (Wildman–Crippen MR) is 59.6 cm³/mol. The normalized spacial score (nSPS) is 10.9. The maximum absolute atomic E-state index is 12.0. The topological polar surface area (TPSA) is 54.9 Å². The van der Waals surface area contributed by atoms with Gasteiger partial charge in [-0.3, -0.25) is 4.79 Å². The quantitative estimate of drug-likeness (QED) is 0.769. The number of hydrogen-bond donors (Lipinski definition) is 1. The smallest absolute Gasteiger partial charge is 0.190 e. The van der Waals surface area contributed by atoms with Gasteiger partial charge in [-0.1, -0.05) is 27.4 Å². The van der Waals surface area contributed by atoms with Crippen molar-refractivity contribution in [2.45, 2.75) is 20.8 Å². The summed E-state index contributed by atoms with van der Waals surface area (Å²) in [6.07, 6.45) is 4.52. The summed E-state index contributed by atoms with van der Waals surface area (Å²) in [5, 5.41) is 2.80. The average molecular weight is 205 g/mol. The van der Waals surface area contributed by atoms with Crippen LogP contribution in [0.25, 0.3) is 0 Å². The first kappa shape index (κ1) is 11.4. The monoisotopic (exact) mass is 205 g/mol. The summed E-state index contributed by atoms with van der Waals surface area (Å²) >= 11 is 0. The first-order valence-corrected chi connectivity index (χ1v) is 4.70. The van der Waals surface area contributed by atoms with Gasteiger partial charge in [-0.2, -0.15) is 0 Å². The first-order valence-electron chi connectivity index (χ1n) is 4.70. The third-order valence-electron chi connectivity index (χ3n) is 1.83. The number of hydrogen-bond acceptors (Lipinski definition) is 4. The molecule has 0 aromatic carbocycles. The number of aromatic nitrogens is 2. The second kappa shape index (κ2) is 4.21. The number of carbonyl (C=O) groups excluding carboxylic acids is 1. The maximum Gasteiger partial charge on any atom is 0.190 e. The van der Waals surface area contributed by atoms with E-state index in [4.69, 9.17) is 0 Å². The molecule has 1 aromatic rings. The van der Waals surface area contributed by atoms with Crippen LogP contribution < -0.4 is 5.32 Å². The minimum absolute atomic E-state index is 0.0417. The third-order valence-corrected chi connectivity index (χ3v) is 1.83. The van der Waals surface area contributed by atoms with Crippen molar-refractivity contribution in [2.75, 3.05) is 5.32 Å². The summed E-state index contributed by atoms with van der Waals surface area (Å²) in [7, 11) is 0. The minimum atomic E-state index is -0.465. The average Bonchev–Trinajstić information content (AvgIpc) is 2.17. The Morgan fingerprint density at radius 1 is 1.40 bits per heavy atom. The molecule has 1 N–H and O–H groups in total. The molecule has 1 rings (SSSR count). The molecule has 4 heteroatoms. The summed E-state index contributed by atoms with van der Waals surface area (Å²) in [5.41, 5.74) is -0.113. The van der Waals surface area contributed by atoms with Gasteiger partial charge in [0.15, 0.2) is 11.6 Å². The lowest BCUT2D eigenvalue weighted by molar-refractivity contribution is 0.0853. The zero-order valence-electron chi connectivity index (χ0n) is 9.24. The summed E-state index contributed by atoms with van der Waals surface area (Å²) in [4.78, 5) is 20.1. The molecule has 0 atom stereocenters. The van der Waals surface area contributed by atoms with Gasteiger partial charge in [0.1, 0.15) is 5.69 Å². The zero-order chi connectivity index (χ0) is 11.5. The van der Waals surface area contributed by atoms with Crippen molar-refractivity contribution in [2.24, 2.45) is 5.41 Å². The van der Waals surface area contributed by atoms with Crippen LogP contribution in [0.1, 0.15) is 31.3 Å². The molecule has 0 bridgehead atoms. The number of Topliss-reactive ketones (excluding diaryl/α,β-unsaturated/α-hetero) is 1. The van der Waals surface area contributed by atoms with E-state index in [1.807, 2.05) is 20.8 Å². The van der Waals surface area contributed by atoms with Crippen LogP contribution in [0.15, 0.2) is 25.2 Å². The SMILES string of the molecule is C=CNc1nccnc1C(=O)C(C)(C)C. The Bertz CT molecular complexity index is 380. The van der Waals surface area contributed by atoms with E-state index in [-0.39, 0.29) is 5.78 Å². The molecule has 0 aliphatic rings. The molecule has 0 spiro atoms. The molecule has 4 nitrogen and oxygen atoms in total. The van der Waals surface area contributed by atoms with Gasteiger partial charge in [-0.05, 0) is 6.20 Å². The Kier molecular flexibility index (Phi) is 3.19. The van der Waals surface area contributed by atoms with Crippen LogP contribution in [0.5, 0.6) is 0 Å². The fraction of sp³-hybridized carbons (Fsp3) is 0.364. The van der Waals surface area contributed by atoms with Crippen LogP contribution in [0.2, 0.25) is 0 Å². The van der Waals surface area contributed by atoms with Crippen LogP contribution in [0, 0.1) is 5.41 Å². The van der Waals surface area contributed by atoms with Crippen molar-refractivity contribution in [3.63, 3.8) is 0 Å². The molecule has 0 fully saturated rings. The van der Waals surface area contributed by atoms with Crippen LogP contribution in [-0.2, 0) is 0 Å². The van der Waals surface area contributed by atoms with E-state index in [9.17, 15) is 4.79 Å². The van der Waals surface area contributed by atoms with Crippen molar-refractivity contribution in [1.29, 1.82) is 0 Å². The van der Waals surface area contributed by atoms with E-state index < -0.39 is 5.41 Å². The number of rotatable bonds is 3. The fourth-order valence-electron chi connectivity index (χ4n) is 1.06. The predicted octanol–water partition coefficient (Wildman–Crippen LogP) is 2.26. The van der Waals surface area contributed by atoms with Crippen molar-refractivity contribution in [3.05, 3.63) is 30.9 Å². The summed E-state index contributed by atoms with van der Waals surface area (Å²) in [6.45, 7) is 9.08. The van der Waals surface area contributed by atoms with Gasteiger partial charge < -0.3 is 5.32 Å². The summed E-state index contributed by atoms with van der Waals surface area (Å²) in [6, 6.07) is 0. The number of nitrogens with zero attached hydrogens (tertiary/aromatic N) is 2. The minimum Gasteiger partial charge on any atom is -0.345 e. The number of nitrogens with one attached hydrogen (secondary N) is 1. The van der Waals surface area contributed by atoms with Crippen LogP contribution >= 0.6 is 0 Å². The standard InChI is InChI=1S/C11H15N3O/c1-5-12-10-8(13-6-7-14-10)9(15)11(2,3)4/h5-7H,1H2,2-4H3,(H,12,14). The van der Waals surface area contributed by atoms with E-state index in [1.165, 1.54) is 18.6 Å². The van der Waals surface area contributed by atoms with E-state index in [0.717, 1.165) is 0 Å². The first-order chi connectivity index (χ1) is 6.96. The van der Waals surface area contributed by atoms with Gasteiger partial charge in [0, 0.05) is 17.8 Å². The highest BCUT2D eigenvalue weighted by atomic mass is 16.1. The van der Waals surface area contributed by atoms with Crippen molar-refractivity contribution in [3.8, 4) is 0 Å². The molecule has 1 heterocycles. The molecule has 1 aromatic heterocycles. The molecular formula is C11H15N3O. The fourth-order valence-corrected chi connectivity index (χ4v) is 1.06. The largest absolute Gasteiger partial charge is 0.345 e. The molecule has 0 aliphatic carbocycles. The Labute approximate surface area is 89.4 Å². The van der Waals surface area contributed by atoms with Crippen LogP contribution in [-0.4, -0.2) is 15.8 Å². The molecule has 0 unspecified atom stereocenters. The van der Waals surface area contributed by atoms with Gasteiger partial charge in [-0.15, -0.1) is 0 Å². The van der Waals surface area contributed by atoms with Gasteiger partial charge in [0.2, 0.25) is 0 Å². The van der Waals surface area contributed by atoms with E-state index in [2.05, 4.69) is 21.9 Å². The Hall–Kier alpha value is -1.71. The lowest BCUT2D eigenvalue weighted by Crippen LogP contribution is -2.22. The van der Waals surface area contributed by atoms with Crippen molar-refractivity contribution in [1.82, 2.24) is 9.97 Å². The van der Waals surface area contributed by atoms with Crippen molar-refractivity contribution >= 4 is 11.6 Å². The van der Waals surface area contributed by atoms with E-state index in [1.54, 1.807) is 0 Å². The molecular weight excluding hydrogens is 190 g/mol.